The third-order valence-electron chi connectivity index (χ3n) is 4.29. The molecule has 1 amide bonds. The summed E-state index contributed by atoms with van der Waals surface area (Å²) in [7, 11) is 0. The zero-order valence-corrected chi connectivity index (χ0v) is 13.0. The largest absolute Gasteiger partial charge is 0.378 e. The van der Waals surface area contributed by atoms with Gasteiger partial charge in [-0.05, 0) is 43.6 Å². The molecule has 2 fully saturated rings. The van der Waals surface area contributed by atoms with E-state index in [0.717, 1.165) is 18.8 Å². The highest BCUT2D eigenvalue weighted by Gasteiger charge is 2.21. The topological polar surface area (TPSA) is 53.6 Å². The second-order valence-corrected chi connectivity index (χ2v) is 6.11. The van der Waals surface area contributed by atoms with E-state index in [1.54, 1.807) is 0 Å². The number of benzene rings is 1. The van der Waals surface area contributed by atoms with Gasteiger partial charge in [-0.15, -0.1) is 0 Å². The first kappa shape index (κ1) is 15.5. The fraction of sp³-hybridized carbons (Fsp3) is 0.588. The number of rotatable bonds is 4. The second kappa shape index (κ2) is 7.72. The molecule has 1 aromatic rings. The van der Waals surface area contributed by atoms with Crippen molar-refractivity contribution in [2.45, 2.75) is 31.8 Å². The van der Waals surface area contributed by atoms with Crippen molar-refractivity contribution in [3.63, 3.8) is 0 Å². The summed E-state index contributed by atoms with van der Waals surface area (Å²) in [6.45, 7) is 5.18. The van der Waals surface area contributed by atoms with Gasteiger partial charge >= 0.3 is 0 Å². The van der Waals surface area contributed by atoms with Crippen LogP contribution in [-0.2, 0) is 16.1 Å². The minimum atomic E-state index is -0.250. The first-order valence-corrected chi connectivity index (χ1v) is 8.24. The van der Waals surface area contributed by atoms with E-state index >= 15 is 0 Å². The molecule has 2 heterocycles. The van der Waals surface area contributed by atoms with E-state index in [-0.39, 0.29) is 11.9 Å². The van der Waals surface area contributed by atoms with E-state index < -0.39 is 0 Å². The van der Waals surface area contributed by atoms with Gasteiger partial charge in [-0.1, -0.05) is 18.6 Å². The van der Waals surface area contributed by atoms with Gasteiger partial charge in [0, 0.05) is 18.8 Å². The maximum Gasteiger partial charge on any atom is 0.243 e. The average molecular weight is 303 g/mol. The Kier molecular flexibility index (Phi) is 5.43. The number of nitrogens with one attached hydrogen (secondary N) is 2. The van der Waals surface area contributed by atoms with E-state index in [0.29, 0.717) is 13.2 Å². The summed E-state index contributed by atoms with van der Waals surface area (Å²) in [5, 5.41) is 6.16. The molecule has 22 heavy (non-hydrogen) atoms. The molecule has 1 atom stereocenters. The zero-order chi connectivity index (χ0) is 15.2. The van der Waals surface area contributed by atoms with Crippen molar-refractivity contribution in [1.29, 1.82) is 0 Å². The quantitative estimate of drug-likeness (QED) is 0.887. The van der Waals surface area contributed by atoms with Gasteiger partial charge in [0.1, 0.15) is 6.04 Å². The number of anilines is 1. The van der Waals surface area contributed by atoms with Crippen LogP contribution in [0.1, 0.15) is 24.8 Å². The summed E-state index contributed by atoms with van der Waals surface area (Å²) in [6, 6.07) is 7.92. The van der Waals surface area contributed by atoms with Gasteiger partial charge in [-0.3, -0.25) is 9.69 Å². The van der Waals surface area contributed by atoms with Crippen molar-refractivity contribution in [2.24, 2.45) is 0 Å². The Morgan fingerprint density at radius 1 is 1.32 bits per heavy atom. The maximum atomic E-state index is 12.2. The van der Waals surface area contributed by atoms with Crippen molar-refractivity contribution < 1.29 is 9.53 Å². The van der Waals surface area contributed by atoms with E-state index in [2.05, 4.69) is 27.7 Å². The second-order valence-electron chi connectivity index (χ2n) is 6.11. The van der Waals surface area contributed by atoms with Crippen molar-refractivity contribution in [2.75, 3.05) is 38.2 Å². The Bertz CT molecular complexity index is 494. The lowest BCUT2D eigenvalue weighted by Gasteiger charge is -2.26. The van der Waals surface area contributed by atoms with Crippen LogP contribution in [0, 0.1) is 0 Å². The summed E-state index contributed by atoms with van der Waals surface area (Å²) in [5.74, 6) is -0.0187. The summed E-state index contributed by atoms with van der Waals surface area (Å²) in [6.07, 6.45) is 3.94. The molecule has 0 aromatic heterocycles. The Labute approximate surface area is 132 Å². The van der Waals surface area contributed by atoms with Crippen LogP contribution in [0.2, 0.25) is 0 Å². The molecular weight excluding hydrogens is 278 g/mol. The molecule has 0 radical (unpaired) electrons. The van der Waals surface area contributed by atoms with Crippen molar-refractivity contribution in [1.82, 2.24) is 10.2 Å². The summed E-state index contributed by atoms with van der Waals surface area (Å²) >= 11 is 0. The lowest BCUT2D eigenvalue weighted by Crippen LogP contribution is -2.48. The standard InChI is InChI=1S/C17H25N3O2/c21-17(16-13-22-10-7-18-16)19-15-6-4-5-14(11-15)12-20-8-2-1-3-9-20/h4-6,11,16,18H,1-3,7-10,12-13H2,(H,19,21). The van der Waals surface area contributed by atoms with Crippen LogP contribution in [-0.4, -0.2) is 49.7 Å². The molecular formula is C17H25N3O2. The molecule has 120 valence electrons. The summed E-state index contributed by atoms with van der Waals surface area (Å²) < 4.78 is 5.34. The Balaban J connectivity index is 1.57. The lowest BCUT2D eigenvalue weighted by molar-refractivity contribution is -0.120. The van der Waals surface area contributed by atoms with Crippen LogP contribution in [0.3, 0.4) is 0 Å². The number of hydrogen-bond acceptors (Lipinski definition) is 4. The van der Waals surface area contributed by atoms with E-state index in [1.807, 2.05) is 12.1 Å². The van der Waals surface area contributed by atoms with E-state index in [1.165, 1.54) is 37.9 Å². The van der Waals surface area contributed by atoms with Gasteiger partial charge in [0.2, 0.25) is 5.91 Å². The number of carbonyl (C=O) groups is 1. The molecule has 5 heteroatoms. The molecule has 3 rings (SSSR count). The molecule has 2 aliphatic rings. The molecule has 0 aliphatic carbocycles. The summed E-state index contributed by atoms with van der Waals surface area (Å²) in [4.78, 5) is 14.7. The van der Waals surface area contributed by atoms with Gasteiger partial charge in [-0.25, -0.2) is 0 Å². The normalized spacial score (nSPS) is 23.2. The lowest BCUT2D eigenvalue weighted by atomic mass is 10.1. The van der Waals surface area contributed by atoms with Crippen molar-refractivity contribution >= 4 is 11.6 Å². The maximum absolute atomic E-state index is 12.2. The zero-order valence-electron chi connectivity index (χ0n) is 13.0. The Morgan fingerprint density at radius 3 is 2.95 bits per heavy atom. The van der Waals surface area contributed by atoms with Crippen LogP contribution in [0.25, 0.3) is 0 Å². The van der Waals surface area contributed by atoms with Gasteiger partial charge in [-0.2, -0.15) is 0 Å². The predicted octanol–water partition coefficient (Wildman–Crippen LogP) is 1.60. The van der Waals surface area contributed by atoms with Gasteiger partial charge in [0.15, 0.2) is 0 Å². The fourth-order valence-electron chi connectivity index (χ4n) is 3.09. The number of carbonyl (C=O) groups excluding carboxylic acids is 1. The molecule has 0 saturated carbocycles. The van der Waals surface area contributed by atoms with Gasteiger partial charge in [0.25, 0.3) is 0 Å². The number of piperidine rings is 1. The van der Waals surface area contributed by atoms with E-state index in [4.69, 9.17) is 4.74 Å². The Hall–Kier alpha value is -1.43. The number of hydrogen-bond donors (Lipinski definition) is 2. The van der Waals surface area contributed by atoms with Crippen LogP contribution in [0.15, 0.2) is 24.3 Å². The van der Waals surface area contributed by atoms with Crippen molar-refractivity contribution in [3.05, 3.63) is 29.8 Å². The van der Waals surface area contributed by atoms with Crippen LogP contribution in [0.5, 0.6) is 0 Å². The third-order valence-corrected chi connectivity index (χ3v) is 4.29. The monoisotopic (exact) mass is 303 g/mol. The molecule has 1 unspecified atom stereocenters. The molecule has 5 nitrogen and oxygen atoms in total. The number of morpholine rings is 1. The number of ether oxygens (including phenoxy) is 1. The molecule has 2 aliphatic heterocycles. The third kappa shape index (κ3) is 4.29. The molecule has 0 bridgehead atoms. The van der Waals surface area contributed by atoms with Crippen LogP contribution >= 0.6 is 0 Å². The molecule has 2 N–H and O–H groups in total. The molecule has 2 saturated heterocycles. The highest BCUT2D eigenvalue weighted by atomic mass is 16.5. The number of amides is 1. The highest BCUT2D eigenvalue weighted by molar-refractivity contribution is 5.95. The van der Waals surface area contributed by atoms with Gasteiger partial charge < -0.3 is 15.4 Å². The van der Waals surface area contributed by atoms with E-state index in [9.17, 15) is 4.79 Å². The molecule has 1 aromatic carbocycles. The van der Waals surface area contributed by atoms with Crippen LogP contribution < -0.4 is 10.6 Å². The molecule has 0 spiro atoms. The predicted molar refractivity (Wildman–Crippen MR) is 86.8 cm³/mol. The fourth-order valence-corrected chi connectivity index (χ4v) is 3.09. The number of nitrogens with zero attached hydrogens (tertiary/aromatic N) is 1. The summed E-state index contributed by atoms with van der Waals surface area (Å²) in [5.41, 5.74) is 2.12. The first-order chi connectivity index (χ1) is 10.8. The highest BCUT2D eigenvalue weighted by Crippen LogP contribution is 2.16. The Morgan fingerprint density at radius 2 is 2.18 bits per heavy atom. The van der Waals surface area contributed by atoms with Crippen molar-refractivity contribution in [3.8, 4) is 0 Å². The smallest absolute Gasteiger partial charge is 0.243 e. The first-order valence-electron chi connectivity index (χ1n) is 8.24. The minimum absolute atomic E-state index is 0.0187. The SMILES string of the molecule is O=C(Nc1cccc(CN2CCCCC2)c1)C1COCCN1. The number of likely N-dealkylation sites (tertiary alicyclic amines) is 1. The average Bonchev–Trinajstić information content (AvgIpc) is 2.57. The van der Waals surface area contributed by atoms with Gasteiger partial charge in [0.05, 0.1) is 13.2 Å². The van der Waals surface area contributed by atoms with Crippen LogP contribution in [0.4, 0.5) is 5.69 Å². The minimum Gasteiger partial charge on any atom is -0.378 e.